The molecule has 306 valence electrons. The average molecular weight is 734 g/mol. The van der Waals surface area contributed by atoms with Crippen molar-refractivity contribution in [3.63, 3.8) is 0 Å². The SMILES string of the molecule is CCC/C=C/CCCC(O)C(O)C(CO)NC(=O)C(O)CCCCCCCCCCCCCCCC/C=C\C/C=C\CCCCCCCCCCC. The zero-order valence-electron chi connectivity index (χ0n) is 34.3. The summed E-state index contributed by atoms with van der Waals surface area (Å²) in [6.45, 7) is 3.91. The Morgan fingerprint density at radius 2 is 0.885 bits per heavy atom. The van der Waals surface area contributed by atoms with E-state index in [0.717, 1.165) is 44.9 Å². The van der Waals surface area contributed by atoms with E-state index in [1.165, 1.54) is 141 Å². The van der Waals surface area contributed by atoms with Crippen LogP contribution in [0.3, 0.4) is 0 Å². The summed E-state index contributed by atoms with van der Waals surface area (Å²) in [5.41, 5.74) is 0. The number of carbonyl (C=O) groups is 1. The molecule has 1 amide bonds. The maximum Gasteiger partial charge on any atom is 0.249 e. The predicted octanol–water partition coefficient (Wildman–Crippen LogP) is 11.7. The van der Waals surface area contributed by atoms with Crippen molar-refractivity contribution in [1.82, 2.24) is 5.32 Å². The van der Waals surface area contributed by atoms with Gasteiger partial charge in [0.25, 0.3) is 0 Å². The fourth-order valence-corrected chi connectivity index (χ4v) is 6.74. The Morgan fingerprint density at radius 1 is 0.481 bits per heavy atom. The fourth-order valence-electron chi connectivity index (χ4n) is 6.74. The maximum absolute atomic E-state index is 12.4. The summed E-state index contributed by atoms with van der Waals surface area (Å²) in [5.74, 6) is -0.599. The number of unbranched alkanes of at least 4 members (excludes halogenated alkanes) is 25. The van der Waals surface area contributed by atoms with Crippen LogP contribution in [0, 0.1) is 0 Å². The third-order valence-corrected chi connectivity index (χ3v) is 10.3. The van der Waals surface area contributed by atoms with Crippen molar-refractivity contribution in [2.45, 2.75) is 244 Å². The lowest BCUT2D eigenvalue weighted by molar-refractivity contribution is -0.132. The summed E-state index contributed by atoms with van der Waals surface area (Å²) < 4.78 is 0. The van der Waals surface area contributed by atoms with Gasteiger partial charge >= 0.3 is 0 Å². The van der Waals surface area contributed by atoms with Crippen molar-refractivity contribution in [2.75, 3.05) is 6.61 Å². The molecule has 5 N–H and O–H groups in total. The van der Waals surface area contributed by atoms with Gasteiger partial charge in [-0.1, -0.05) is 192 Å². The minimum absolute atomic E-state index is 0.362. The largest absolute Gasteiger partial charge is 0.394 e. The van der Waals surface area contributed by atoms with Crippen LogP contribution in [0.2, 0.25) is 0 Å². The van der Waals surface area contributed by atoms with E-state index in [1.807, 2.05) is 0 Å². The van der Waals surface area contributed by atoms with Gasteiger partial charge in [0.05, 0.1) is 18.8 Å². The minimum atomic E-state index is -1.28. The maximum atomic E-state index is 12.4. The summed E-state index contributed by atoms with van der Waals surface area (Å²) >= 11 is 0. The Balaban J connectivity index is 3.56. The first-order valence-corrected chi connectivity index (χ1v) is 22.4. The molecule has 0 saturated carbocycles. The Labute approximate surface area is 322 Å². The van der Waals surface area contributed by atoms with Gasteiger partial charge in [0.1, 0.15) is 12.2 Å². The molecular formula is C46H87NO5. The lowest BCUT2D eigenvalue weighted by atomic mass is 10.00. The molecule has 0 aromatic rings. The van der Waals surface area contributed by atoms with Gasteiger partial charge in [0.2, 0.25) is 5.91 Å². The molecule has 4 unspecified atom stereocenters. The summed E-state index contributed by atoms with van der Waals surface area (Å²) in [6, 6.07) is -0.998. The zero-order chi connectivity index (χ0) is 38.2. The van der Waals surface area contributed by atoms with Crippen molar-refractivity contribution in [3.05, 3.63) is 36.5 Å². The molecule has 0 saturated heterocycles. The highest BCUT2D eigenvalue weighted by Gasteiger charge is 2.28. The molecule has 0 aliphatic heterocycles. The molecule has 0 radical (unpaired) electrons. The number of aliphatic hydroxyl groups is 4. The summed E-state index contributed by atoms with van der Waals surface area (Å²) in [5, 5.41) is 43.2. The third-order valence-electron chi connectivity index (χ3n) is 10.3. The minimum Gasteiger partial charge on any atom is -0.394 e. The standard InChI is InChI=1S/C46H87NO5/c1-3-5-7-9-11-12-13-14-15-16-17-18-19-20-21-22-23-24-25-26-27-28-29-30-31-32-33-34-36-38-40-44(50)46(52)47-42(41-48)45(51)43(49)39-37-35-10-8-6-4-2/h8,10,17-18,20-21,42-45,48-51H,3-7,9,11-16,19,22-41H2,1-2H3,(H,47,52)/b10-8+,18-17-,21-20-. The van der Waals surface area contributed by atoms with Crippen LogP contribution in [-0.4, -0.2) is 57.3 Å². The number of rotatable bonds is 40. The van der Waals surface area contributed by atoms with Crippen molar-refractivity contribution >= 4 is 5.91 Å². The predicted molar refractivity (Wildman–Crippen MR) is 224 cm³/mol. The molecule has 4 atom stereocenters. The van der Waals surface area contributed by atoms with Gasteiger partial charge in [-0.15, -0.1) is 0 Å². The number of allylic oxidation sites excluding steroid dienone is 6. The van der Waals surface area contributed by atoms with Crippen molar-refractivity contribution in [2.24, 2.45) is 0 Å². The van der Waals surface area contributed by atoms with E-state index in [-0.39, 0.29) is 0 Å². The van der Waals surface area contributed by atoms with Crippen molar-refractivity contribution in [3.8, 4) is 0 Å². The number of aliphatic hydroxyl groups excluding tert-OH is 4. The molecule has 6 nitrogen and oxygen atoms in total. The van der Waals surface area contributed by atoms with Crippen molar-refractivity contribution < 1.29 is 25.2 Å². The fraction of sp³-hybridized carbons (Fsp3) is 0.848. The van der Waals surface area contributed by atoms with Crippen molar-refractivity contribution in [1.29, 1.82) is 0 Å². The molecule has 0 fully saturated rings. The lowest BCUT2D eigenvalue weighted by Gasteiger charge is -2.27. The first kappa shape index (κ1) is 50.5. The van der Waals surface area contributed by atoms with Crippen LogP contribution in [0.15, 0.2) is 36.5 Å². The third kappa shape index (κ3) is 34.3. The number of carbonyl (C=O) groups excluding carboxylic acids is 1. The molecule has 0 rings (SSSR count). The van der Waals surface area contributed by atoms with Crippen LogP contribution >= 0.6 is 0 Å². The van der Waals surface area contributed by atoms with Gasteiger partial charge in [0, 0.05) is 0 Å². The second kappa shape index (κ2) is 40.7. The van der Waals surface area contributed by atoms with E-state index in [9.17, 15) is 25.2 Å². The van der Waals surface area contributed by atoms with Gasteiger partial charge in [-0.25, -0.2) is 0 Å². The second-order valence-corrected chi connectivity index (χ2v) is 15.4. The van der Waals surface area contributed by atoms with Gasteiger partial charge in [-0.2, -0.15) is 0 Å². The van der Waals surface area contributed by atoms with E-state index in [1.54, 1.807) is 0 Å². The van der Waals surface area contributed by atoms with Crippen LogP contribution in [-0.2, 0) is 4.79 Å². The number of nitrogens with one attached hydrogen (secondary N) is 1. The first-order valence-electron chi connectivity index (χ1n) is 22.4. The Bertz CT molecular complexity index is 828. The Kier molecular flexibility index (Phi) is 39.6. The van der Waals surface area contributed by atoms with E-state index >= 15 is 0 Å². The highest BCUT2D eigenvalue weighted by Crippen LogP contribution is 2.16. The summed E-state index contributed by atoms with van der Waals surface area (Å²) in [6.07, 6.45) is 48.1. The molecule has 6 heteroatoms. The zero-order valence-corrected chi connectivity index (χ0v) is 34.3. The highest BCUT2D eigenvalue weighted by atomic mass is 16.3. The highest BCUT2D eigenvalue weighted by molar-refractivity contribution is 5.80. The smallest absolute Gasteiger partial charge is 0.249 e. The molecule has 0 aliphatic rings. The normalized spacial score (nSPS) is 14.5. The Morgan fingerprint density at radius 3 is 1.35 bits per heavy atom. The number of hydrogen-bond acceptors (Lipinski definition) is 5. The topological polar surface area (TPSA) is 110 Å². The quantitative estimate of drug-likeness (QED) is 0.0318. The van der Waals surface area contributed by atoms with Gasteiger partial charge in [-0.05, 0) is 64.2 Å². The number of amides is 1. The van der Waals surface area contributed by atoms with Gasteiger partial charge < -0.3 is 25.7 Å². The molecule has 0 aliphatic carbocycles. The molecule has 0 bridgehead atoms. The number of hydrogen-bond donors (Lipinski definition) is 5. The van der Waals surface area contributed by atoms with Crippen LogP contribution in [0.25, 0.3) is 0 Å². The molecule has 0 aromatic carbocycles. The monoisotopic (exact) mass is 734 g/mol. The molecule has 52 heavy (non-hydrogen) atoms. The van der Waals surface area contributed by atoms with E-state index in [0.29, 0.717) is 19.3 Å². The second-order valence-electron chi connectivity index (χ2n) is 15.4. The average Bonchev–Trinajstić information content (AvgIpc) is 3.15. The molecule has 0 aromatic heterocycles. The first-order chi connectivity index (χ1) is 25.5. The molecule has 0 heterocycles. The summed E-state index contributed by atoms with van der Waals surface area (Å²) in [7, 11) is 0. The van der Waals surface area contributed by atoms with Crippen LogP contribution < -0.4 is 5.32 Å². The Hall–Kier alpha value is -1.47. The molecule has 0 spiro atoms. The summed E-state index contributed by atoms with van der Waals surface area (Å²) in [4.78, 5) is 12.4. The van der Waals surface area contributed by atoms with Crippen LogP contribution in [0.1, 0.15) is 219 Å². The lowest BCUT2D eigenvalue weighted by Crippen LogP contribution is -2.53. The molecular weight excluding hydrogens is 647 g/mol. The van der Waals surface area contributed by atoms with E-state index in [2.05, 4.69) is 55.6 Å². The van der Waals surface area contributed by atoms with E-state index in [4.69, 9.17) is 0 Å². The van der Waals surface area contributed by atoms with Crippen LogP contribution in [0.5, 0.6) is 0 Å². The van der Waals surface area contributed by atoms with Gasteiger partial charge in [-0.3, -0.25) is 4.79 Å². The van der Waals surface area contributed by atoms with Crippen LogP contribution in [0.4, 0.5) is 0 Å². The van der Waals surface area contributed by atoms with Gasteiger partial charge in [0.15, 0.2) is 0 Å². The van der Waals surface area contributed by atoms with E-state index < -0.39 is 36.9 Å².